The van der Waals surface area contributed by atoms with Gasteiger partial charge in [0.2, 0.25) is 0 Å². The van der Waals surface area contributed by atoms with Crippen molar-refractivity contribution >= 4 is 5.69 Å². The van der Waals surface area contributed by atoms with Crippen LogP contribution in [0, 0.1) is 12.8 Å². The fourth-order valence-electron chi connectivity index (χ4n) is 3.08. The normalized spacial score (nSPS) is 16.9. The molecule has 1 saturated heterocycles. The number of nitrogens with one attached hydrogen (secondary N) is 1. The van der Waals surface area contributed by atoms with Crippen LogP contribution in [0.5, 0.6) is 0 Å². The maximum Gasteiger partial charge on any atom is 0.0369 e. The van der Waals surface area contributed by atoms with Crippen LogP contribution in [0.3, 0.4) is 0 Å². The third-order valence-electron chi connectivity index (χ3n) is 4.42. The van der Waals surface area contributed by atoms with E-state index < -0.39 is 0 Å². The molecule has 1 aliphatic heterocycles. The first kappa shape index (κ1) is 16.4. The fraction of sp³-hybridized carbons (Fsp3) is 0.684. The summed E-state index contributed by atoms with van der Waals surface area (Å²) in [5.74, 6) is 0.714. The second kappa shape index (κ2) is 8.43. The first-order valence-electron chi connectivity index (χ1n) is 8.72. The summed E-state index contributed by atoms with van der Waals surface area (Å²) in [6.45, 7) is 11.3. The van der Waals surface area contributed by atoms with E-state index in [4.69, 9.17) is 0 Å². The number of hydrogen-bond acceptors (Lipinski definition) is 2. The van der Waals surface area contributed by atoms with Gasteiger partial charge in [-0.1, -0.05) is 39.2 Å². The van der Waals surface area contributed by atoms with Crippen molar-refractivity contribution in [1.29, 1.82) is 0 Å². The lowest BCUT2D eigenvalue weighted by atomic mass is 10.0. The van der Waals surface area contributed by atoms with Gasteiger partial charge < -0.3 is 10.2 Å². The first-order valence-corrected chi connectivity index (χ1v) is 8.72. The number of nitrogens with zero attached hydrogens (tertiary/aromatic N) is 1. The molecule has 0 spiro atoms. The molecule has 0 atom stereocenters. The lowest BCUT2D eigenvalue weighted by Gasteiger charge is -2.27. The standard InChI is InChI=1S/C19H32N2/c1-16(2)14-20-15-18-9-10-19(13-17(18)3)21-11-7-5-4-6-8-12-21/h9-10,13,16,20H,4-8,11-12,14-15H2,1-3H3. The SMILES string of the molecule is Cc1cc(N2CCCCCCC2)ccc1CNCC(C)C. The second-order valence-corrected chi connectivity index (χ2v) is 6.89. The average Bonchev–Trinajstić information content (AvgIpc) is 2.40. The van der Waals surface area contributed by atoms with E-state index in [-0.39, 0.29) is 0 Å². The van der Waals surface area contributed by atoms with Gasteiger partial charge in [0, 0.05) is 25.3 Å². The van der Waals surface area contributed by atoms with Gasteiger partial charge in [-0.3, -0.25) is 0 Å². The van der Waals surface area contributed by atoms with E-state index in [9.17, 15) is 0 Å². The van der Waals surface area contributed by atoms with Gasteiger partial charge in [-0.05, 0) is 55.5 Å². The maximum absolute atomic E-state index is 3.55. The zero-order valence-electron chi connectivity index (χ0n) is 14.1. The van der Waals surface area contributed by atoms with Crippen molar-refractivity contribution in [2.75, 3.05) is 24.5 Å². The molecule has 1 aromatic carbocycles. The Labute approximate surface area is 130 Å². The van der Waals surface area contributed by atoms with E-state index in [1.807, 2.05) is 0 Å². The lowest BCUT2D eigenvalue weighted by Crippen LogP contribution is -2.27. The molecule has 0 unspecified atom stereocenters. The van der Waals surface area contributed by atoms with E-state index in [0.29, 0.717) is 5.92 Å². The number of hydrogen-bond donors (Lipinski definition) is 1. The highest BCUT2D eigenvalue weighted by atomic mass is 15.1. The Hall–Kier alpha value is -1.02. The summed E-state index contributed by atoms with van der Waals surface area (Å²) in [5.41, 5.74) is 4.28. The van der Waals surface area contributed by atoms with Crippen molar-refractivity contribution < 1.29 is 0 Å². The molecule has 2 heteroatoms. The number of benzene rings is 1. The fourth-order valence-corrected chi connectivity index (χ4v) is 3.08. The molecule has 2 rings (SSSR count). The summed E-state index contributed by atoms with van der Waals surface area (Å²) in [6.07, 6.45) is 6.90. The van der Waals surface area contributed by atoms with Gasteiger partial charge in [0.1, 0.15) is 0 Å². The Morgan fingerprint density at radius 2 is 1.71 bits per heavy atom. The topological polar surface area (TPSA) is 15.3 Å². The van der Waals surface area contributed by atoms with Gasteiger partial charge in [-0.2, -0.15) is 0 Å². The lowest BCUT2D eigenvalue weighted by molar-refractivity contribution is 0.550. The van der Waals surface area contributed by atoms with Gasteiger partial charge in [-0.15, -0.1) is 0 Å². The van der Waals surface area contributed by atoms with Crippen molar-refractivity contribution in [3.8, 4) is 0 Å². The Balaban J connectivity index is 1.96. The summed E-state index contributed by atoms with van der Waals surface area (Å²) in [6, 6.07) is 7.02. The van der Waals surface area contributed by atoms with Crippen molar-refractivity contribution in [3.63, 3.8) is 0 Å². The van der Waals surface area contributed by atoms with E-state index in [1.165, 1.54) is 62.0 Å². The van der Waals surface area contributed by atoms with Gasteiger partial charge in [-0.25, -0.2) is 0 Å². The molecule has 21 heavy (non-hydrogen) atoms. The van der Waals surface area contributed by atoms with Crippen molar-refractivity contribution in [3.05, 3.63) is 29.3 Å². The molecule has 0 aliphatic carbocycles. The van der Waals surface area contributed by atoms with E-state index in [0.717, 1.165) is 13.1 Å². The highest BCUT2D eigenvalue weighted by molar-refractivity contribution is 5.50. The van der Waals surface area contributed by atoms with Gasteiger partial charge in [0.25, 0.3) is 0 Å². The van der Waals surface area contributed by atoms with E-state index in [2.05, 4.69) is 49.2 Å². The summed E-state index contributed by atoms with van der Waals surface area (Å²) < 4.78 is 0. The molecule has 1 aromatic rings. The van der Waals surface area contributed by atoms with Crippen LogP contribution in [0.2, 0.25) is 0 Å². The molecule has 1 aliphatic rings. The minimum Gasteiger partial charge on any atom is -0.372 e. The monoisotopic (exact) mass is 288 g/mol. The minimum absolute atomic E-state index is 0.714. The van der Waals surface area contributed by atoms with Crippen LogP contribution in [-0.2, 0) is 6.54 Å². The van der Waals surface area contributed by atoms with Crippen LogP contribution >= 0.6 is 0 Å². The molecule has 0 radical (unpaired) electrons. The highest BCUT2D eigenvalue weighted by Gasteiger charge is 2.10. The van der Waals surface area contributed by atoms with Crippen molar-refractivity contribution in [2.24, 2.45) is 5.92 Å². The largest absolute Gasteiger partial charge is 0.372 e. The van der Waals surface area contributed by atoms with Gasteiger partial charge in [0.05, 0.1) is 0 Å². The van der Waals surface area contributed by atoms with E-state index >= 15 is 0 Å². The molecule has 1 heterocycles. The van der Waals surface area contributed by atoms with Crippen LogP contribution in [-0.4, -0.2) is 19.6 Å². The molecular weight excluding hydrogens is 256 g/mol. The zero-order valence-corrected chi connectivity index (χ0v) is 14.1. The molecular formula is C19H32N2. The molecule has 0 saturated carbocycles. The van der Waals surface area contributed by atoms with Gasteiger partial charge >= 0.3 is 0 Å². The summed E-state index contributed by atoms with van der Waals surface area (Å²) in [5, 5.41) is 3.55. The number of anilines is 1. The highest BCUT2D eigenvalue weighted by Crippen LogP contribution is 2.22. The third kappa shape index (κ3) is 5.35. The average molecular weight is 288 g/mol. The first-order chi connectivity index (χ1) is 10.2. The maximum atomic E-state index is 3.55. The second-order valence-electron chi connectivity index (χ2n) is 6.89. The minimum atomic E-state index is 0.714. The van der Waals surface area contributed by atoms with Crippen LogP contribution in [0.25, 0.3) is 0 Å². The van der Waals surface area contributed by atoms with Crippen LogP contribution in [0.15, 0.2) is 18.2 Å². The van der Waals surface area contributed by atoms with Crippen molar-refractivity contribution in [1.82, 2.24) is 5.32 Å². The Bertz CT molecular complexity index is 418. The molecule has 118 valence electrons. The molecule has 2 nitrogen and oxygen atoms in total. The molecule has 1 fully saturated rings. The summed E-state index contributed by atoms with van der Waals surface area (Å²) in [7, 11) is 0. The molecule has 0 bridgehead atoms. The predicted molar refractivity (Wildman–Crippen MR) is 93.0 cm³/mol. The van der Waals surface area contributed by atoms with E-state index in [1.54, 1.807) is 0 Å². The molecule has 1 N–H and O–H groups in total. The third-order valence-corrected chi connectivity index (χ3v) is 4.42. The van der Waals surface area contributed by atoms with Crippen LogP contribution in [0.1, 0.15) is 57.1 Å². The summed E-state index contributed by atoms with van der Waals surface area (Å²) >= 11 is 0. The quantitative estimate of drug-likeness (QED) is 0.857. The van der Waals surface area contributed by atoms with Crippen molar-refractivity contribution in [2.45, 2.75) is 59.4 Å². The Morgan fingerprint density at radius 3 is 2.33 bits per heavy atom. The summed E-state index contributed by atoms with van der Waals surface area (Å²) in [4.78, 5) is 2.58. The smallest absolute Gasteiger partial charge is 0.0369 e. The van der Waals surface area contributed by atoms with Crippen LogP contribution < -0.4 is 10.2 Å². The Morgan fingerprint density at radius 1 is 1.05 bits per heavy atom. The Kier molecular flexibility index (Phi) is 6.56. The molecule has 0 amide bonds. The number of aryl methyl sites for hydroxylation is 1. The van der Waals surface area contributed by atoms with Gasteiger partial charge in [0.15, 0.2) is 0 Å². The predicted octanol–water partition coefficient (Wildman–Crippen LogP) is 4.51. The number of rotatable bonds is 5. The van der Waals surface area contributed by atoms with Crippen LogP contribution in [0.4, 0.5) is 5.69 Å². The zero-order chi connectivity index (χ0) is 15.1. The molecule has 0 aromatic heterocycles.